The molecule has 1 rings (SSSR count). The van der Waals surface area contributed by atoms with Crippen molar-refractivity contribution in [2.24, 2.45) is 0 Å². The van der Waals surface area contributed by atoms with Gasteiger partial charge in [0.25, 0.3) is 0 Å². The fraction of sp³-hybridized carbons (Fsp3) is 0.891. The van der Waals surface area contributed by atoms with Crippen LogP contribution in [0.3, 0.4) is 0 Å². The van der Waals surface area contributed by atoms with E-state index in [0.717, 1.165) is 45.7 Å². The average Bonchev–Trinajstić information content (AvgIpc) is 3.17. The van der Waals surface area contributed by atoms with E-state index in [1.54, 1.807) is 0 Å². The lowest BCUT2D eigenvalue weighted by molar-refractivity contribution is -0.0294. The number of carbonyl (C=O) groups excluding carboxylic acids is 1. The second-order valence-corrected chi connectivity index (χ2v) is 15.4. The second-order valence-electron chi connectivity index (χ2n) is 15.4. The van der Waals surface area contributed by atoms with Gasteiger partial charge < -0.3 is 24.3 Å². The summed E-state index contributed by atoms with van der Waals surface area (Å²) in [7, 11) is 0. The van der Waals surface area contributed by atoms with Crippen LogP contribution >= 0.6 is 0 Å². The van der Waals surface area contributed by atoms with E-state index in [9.17, 15) is 4.79 Å². The van der Waals surface area contributed by atoms with Crippen molar-refractivity contribution in [1.29, 1.82) is 0 Å². The van der Waals surface area contributed by atoms with Crippen LogP contribution < -0.4 is 5.32 Å². The van der Waals surface area contributed by atoms with E-state index in [2.05, 4.69) is 48.4 Å². The van der Waals surface area contributed by atoms with Crippen LogP contribution in [0.25, 0.3) is 0 Å². The van der Waals surface area contributed by atoms with Gasteiger partial charge in [-0.25, -0.2) is 4.79 Å². The summed E-state index contributed by atoms with van der Waals surface area (Å²) < 4.78 is 23.1. The number of carbonyl (C=O) groups is 1. The van der Waals surface area contributed by atoms with Crippen LogP contribution in [0.4, 0.5) is 4.79 Å². The number of alkyl carbamates (subject to hydrolysis) is 1. The molecule has 1 amide bonds. The van der Waals surface area contributed by atoms with E-state index >= 15 is 0 Å². The molecule has 7 nitrogen and oxygen atoms in total. The molecular formula is C46H88N2O5. The highest BCUT2D eigenvalue weighted by atomic mass is 16.6. The second kappa shape index (κ2) is 41.7. The zero-order valence-electron chi connectivity index (χ0n) is 35.2. The maximum atomic E-state index is 12.6. The Kier molecular flexibility index (Phi) is 39.1. The summed E-state index contributed by atoms with van der Waals surface area (Å²) in [5.74, 6) is 0. The van der Waals surface area contributed by atoms with Gasteiger partial charge in [-0.15, -0.1) is 0 Å². The van der Waals surface area contributed by atoms with E-state index in [-0.39, 0.29) is 12.2 Å². The summed E-state index contributed by atoms with van der Waals surface area (Å²) >= 11 is 0. The SMILES string of the molecule is CCCCCCCCC=CCCCCCCCCOCC(COCCCCCCCCC=CCCCCCCCC)OC(=O)NCCN1CCOCC1. The highest BCUT2D eigenvalue weighted by Gasteiger charge is 2.16. The van der Waals surface area contributed by atoms with Gasteiger partial charge in [0.2, 0.25) is 0 Å². The first-order valence-electron chi connectivity index (χ1n) is 23.0. The summed E-state index contributed by atoms with van der Waals surface area (Å²) in [5.41, 5.74) is 0. The number of unbranched alkanes of at least 4 members (excludes halogenated alkanes) is 24. The zero-order valence-corrected chi connectivity index (χ0v) is 35.2. The van der Waals surface area contributed by atoms with Crippen molar-refractivity contribution in [3.8, 4) is 0 Å². The van der Waals surface area contributed by atoms with Crippen molar-refractivity contribution in [2.45, 2.75) is 200 Å². The molecule has 0 aromatic heterocycles. The molecule has 0 atom stereocenters. The summed E-state index contributed by atoms with van der Waals surface area (Å²) in [4.78, 5) is 14.9. The van der Waals surface area contributed by atoms with Crippen LogP contribution in [0, 0.1) is 0 Å². The maximum Gasteiger partial charge on any atom is 0.407 e. The van der Waals surface area contributed by atoms with Crippen LogP contribution in [0.2, 0.25) is 0 Å². The number of hydrogen-bond donors (Lipinski definition) is 1. The number of nitrogens with one attached hydrogen (secondary N) is 1. The number of ether oxygens (including phenoxy) is 4. The molecule has 0 unspecified atom stereocenters. The largest absolute Gasteiger partial charge is 0.441 e. The Morgan fingerprint density at radius 3 is 1.36 bits per heavy atom. The maximum absolute atomic E-state index is 12.6. The fourth-order valence-electron chi connectivity index (χ4n) is 6.78. The minimum absolute atomic E-state index is 0.384. The van der Waals surface area contributed by atoms with Crippen molar-refractivity contribution < 1.29 is 23.7 Å². The summed E-state index contributed by atoms with van der Waals surface area (Å²) in [6, 6.07) is 0. The lowest BCUT2D eigenvalue weighted by atomic mass is 10.1. The molecule has 53 heavy (non-hydrogen) atoms. The van der Waals surface area contributed by atoms with Crippen LogP contribution in [0.5, 0.6) is 0 Å². The molecule has 1 fully saturated rings. The third-order valence-electron chi connectivity index (χ3n) is 10.3. The topological polar surface area (TPSA) is 69.3 Å². The van der Waals surface area contributed by atoms with E-state index in [4.69, 9.17) is 18.9 Å². The number of nitrogens with zero attached hydrogens (tertiary/aromatic N) is 1. The minimum Gasteiger partial charge on any atom is -0.441 e. The molecule has 0 saturated carbocycles. The molecule has 0 radical (unpaired) electrons. The Balaban J connectivity index is 2.11. The van der Waals surface area contributed by atoms with Gasteiger partial charge >= 0.3 is 6.09 Å². The number of rotatable bonds is 40. The third-order valence-corrected chi connectivity index (χ3v) is 10.3. The third kappa shape index (κ3) is 37.3. The summed E-state index contributed by atoms with van der Waals surface area (Å²) in [6.45, 7) is 11.4. The Bertz CT molecular complexity index is 755. The molecule has 1 saturated heterocycles. The number of morpholine rings is 1. The van der Waals surface area contributed by atoms with E-state index in [1.165, 1.54) is 167 Å². The quantitative estimate of drug-likeness (QED) is 0.0497. The molecule has 0 aromatic rings. The Hall–Kier alpha value is -1.41. The monoisotopic (exact) mass is 749 g/mol. The predicted octanol–water partition coefficient (Wildman–Crippen LogP) is 12.5. The van der Waals surface area contributed by atoms with Gasteiger partial charge in [0.15, 0.2) is 6.10 Å². The molecule has 312 valence electrons. The van der Waals surface area contributed by atoms with Gasteiger partial charge in [-0.3, -0.25) is 4.90 Å². The van der Waals surface area contributed by atoms with Gasteiger partial charge in [0.05, 0.1) is 26.4 Å². The van der Waals surface area contributed by atoms with Crippen LogP contribution in [-0.2, 0) is 18.9 Å². The summed E-state index contributed by atoms with van der Waals surface area (Å²) in [6.07, 6.45) is 45.1. The molecule has 1 N–H and O–H groups in total. The van der Waals surface area contributed by atoms with Crippen molar-refractivity contribution >= 4 is 6.09 Å². The average molecular weight is 749 g/mol. The number of allylic oxidation sites excluding steroid dienone is 4. The molecule has 7 heteroatoms. The highest BCUT2D eigenvalue weighted by molar-refractivity contribution is 5.67. The first-order chi connectivity index (χ1) is 26.3. The van der Waals surface area contributed by atoms with Gasteiger partial charge in [-0.1, -0.05) is 154 Å². The number of amides is 1. The molecule has 0 aliphatic carbocycles. The molecule has 1 aliphatic heterocycles. The van der Waals surface area contributed by atoms with Gasteiger partial charge in [0.1, 0.15) is 0 Å². The Labute approximate surface area is 329 Å². The predicted molar refractivity (Wildman–Crippen MR) is 226 cm³/mol. The smallest absolute Gasteiger partial charge is 0.407 e. The molecule has 0 aromatic carbocycles. The van der Waals surface area contributed by atoms with Crippen LogP contribution in [0.15, 0.2) is 24.3 Å². The van der Waals surface area contributed by atoms with Crippen molar-refractivity contribution in [3.05, 3.63) is 24.3 Å². The van der Waals surface area contributed by atoms with Crippen LogP contribution in [-0.4, -0.2) is 82.9 Å². The Morgan fingerprint density at radius 1 is 0.566 bits per heavy atom. The lowest BCUT2D eigenvalue weighted by Gasteiger charge is -2.26. The molecule has 0 spiro atoms. The summed E-state index contributed by atoms with van der Waals surface area (Å²) in [5, 5.41) is 2.92. The van der Waals surface area contributed by atoms with Crippen molar-refractivity contribution in [2.75, 3.05) is 65.8 Å². The van der Waals surface area contributed by atoms with E-state index in [1.807, 2.05) is 0 Å². The molecular weight excluding hydrogens is 661 g/mol. The molecule has 1 aliphatic rings. The van der Waals surface area contributed by atoms with Gasteiger partial charge in [0, 0.05) is 39.4 Å². The van der Waals surface area contributed by atoms with Gasteiger partial charge in [-0.2, -0.15) is 0 Å². The van der Waals surface area contributed by atoms with Gasteiger partial charge in [-0.05, 0) is 64.2 Å². The normalized spacial score (nSPS) is 14.5. The molecule has 0 bridgehead atoms. The Morgan fingerprint density at radius 2 is 0.943 bits per heavy atom. The first kappa shape index (κ1) is 49.6. The first-order valence-corrected chi connectivity index (χ1v) is 23.0. The van der Waals surface area contributed by atoms with E-state index in [0.29, 0.717) is 33.0 Å². The number of hydrogen-bond acceptors (Lipinski definition) is 6. The zero-order chi connectivity index (χ0) is 38.0. The van der Waals surface area contributed by atoms with Crippen molar-refractivity contribution in [3.63, 3.8) is 0 Å². The fourth-order valence-corrected chi connectivity index (χ4v) is 6.78. The minimum atomic E-state index is -0.387. The lowest BCUT2D eigenvalue weighted by Crippen LogP contribution is -2.42. The van der Waals surface area contributed by atoms with E-state index < -0.39 is 0 Å². The standard InChI is InChI=1S/C46H88N2O5/c1-3-5-7-9-11-13-15-17-19-21-23-25-27-29-31-33-39-51-43-45(53-46(49)47-35-36-48-37-41-50-42-38-48)44-52-40-34-32-30-28-26-24-22-20-18-16-14-12-10-8-6-4-2/h17-20,45H,3-16,21-44H2,1-2H3,(H,47,49). The van der Waals surface area contributed by atoms with Crippen molar-refractivity contribution in [1.82, 2.24) is 10.2 Å². The molecule has 1 heterocycles. The highest BCUT2D eigenvalue weighted by Crippen LogP contribution is 2.12. The van der Waals surface area contributed by atoms with Crippen LogP contribution in [0.1, 0.15) is 194 Å².